The molecule has 1 amide bonds. The van der Waals surface area contributed by atoms with Crippen molar-refractivity contribution >= 4 is 21.4 Å². The Balaban J connectivity index is 1.72. The summed E-state index contributed by atoms with van der Waals surface area (Å²) in [5.74, 6) is 0.510. The van der Waals surface area contributed by atoms with Crippen molar-refractivity contribution in [2.24, 2.45) is 0 Å². The van der Waals surface area contributed by atoms with Crippen molar-refractivity contribution in [3.8, 4) is 0 Å². The maximum atomic E-state index is 12.7. The number of anilines is 1. The molecule has 2 saturated heterocycles. The molecule has 0 bridgehead atoms. The van der Waals surface area contributed by atoms with Crippen LogP contribution in [0, 0.1) is 6.92 Å². The van der Waals surface area contributed by atoms with Gasteiger partial charge in [-0.25, -0.2) is 8.42 Å². The average Bonchev–Trinajstić information content (AvgIpc) is 2.75. The molecule has 0 saturated carbocycles. The Morgan fingerprint density at radius 1 is 1.05 bits per heavy atom. The molecule has 22 heavy (non-hydrogen) atoms. The van der Waals surface area contributed by atoms with Crippen molar-refractivity contribution in [3.05, 3.63) is 29.8 Å². The minimum absolute atomic E-state index is 0.100. The molecule has 6 heteroatoms. The first-order valence-electron chi connectivity index (χ1n) is 7.79. The number of aryl methyl sites for hydroxylation is 1. The smallest absolute Gasteiger partial charge is 0.244 e. The zero-order chi connectivity index (χ0) is 15.7. The number of carbonyl (C=O) groups excluding carboxylic acids is 1. The second-order valence-electron chi connectivity index (χ2n) is 6.17. The lowest BCUT2D eigenvalue weighted by Gasteiger charge is -2.26. The van der Waals surface area contributed by atoms with E-state index in [0.717, 1.165) is 12.1 Å². The highest BCUT2D eigenvalue weighted by molar-refractivity contribution is 7.91. The number of hydrogen-bond donors (Lipinski definition) is 0. The van der Waals surface area contributed by atoms with Gasteiger partial charge in [0.1, 0.15) is 0 Å². The lowest BCUT2D eigenvalue weighted by Crippen LogP contribution is -2.43. The first-order valence-corrected chi connectivity index (χ1v) is 9.61. The van der Waals surface area contributed by atoms with E-state index in [1.165, 1.54) is 5.56 Å². The van der Waals surface area contributed by atoms with Gasteiger partial charge in [0.05, 0.1) is 17.5 Å². The topological polar surface area (TPSA) is 57.7 Å². The van der Waals surface area contributed by atoms with Crippen LogP contribution in [0.15, 0.2) is 24.3 Å². The molecule has 2 aliphatic heterocycles. The summed E-state index contributed by atoms with van der Waals surface area (Å²) in [6.07, 6.45) is 1.39. The number of benzene rings is 1. The number of carbonyl (C=O) groups is 1. The predicted molar refractivity (Wildman–Crippen MR) is 86.8 cm³/mol. The Labute approximate surface area is 131 Å². The van der Waals surface area contributed by atoms with E-state index in [4.69, 9.17) is 0 Å². The number of sulfone groups is 1. The van der Waals surface area contributed by atoms with Crippen LogP contribution in [-0.4, -0.2) is 56.4 Å². The Kier molecular flexibility index (Phi) is 4.23. The standard InChI is InChI=1S/C16H22N2O3S/c1-13-3-5-14(6-4-13)18-9-7-15(16(18)19)17-8-2-11-22(20,21)12-10-17/h3-6,15H,2,7-12H2,1H3. The highest BCUT2D eigenvalue weighted by Crippen LogP contribution is 2.25. The Morgan fingerprint density at radius 3 is 2.50 bits per heavy atom. The predicted octanol–water partition coefficient (Wildman–Crippen LogP) is 1.22. The summed E-state index contributed by atoms with van der Waals surface area (Å²) in [6.45, 7) is 3.89. The molecule has 0 aromatic heterocycles. The zero-order valence-electron chi connectivity index (χ0n) is 12.9. The van der Waals surface area contributed by atoms with Gasteiger partial charge in [-0.1, -0.05) is 17.7 Å². The SMILES string of the molecule is Cc1ccc(N2CCC(N3CCCS(=O)(=O)CC3)C2=O)cc1. The third-order valence-electron chi connectivity index (χ3n) is 4.55. The largest absolute Gasteiger partial charge is 0.311 e. The second-order valence-corrected chi connectivity index (χ2v) is 8.47. The van der Waals surface area contributed by atoms with Gasteiger partial charge in [-0.3, -0.25) is 9.69 Å². The van der Waals surface area contributed by atoms with Crippen molar-refractivity contribution in [1.82, 2.24) is 4.90 Å². The molecule has 1 aromatic carbocycles. The van der Waals surface area contributed by atoms with Crippen LogP contribution in [0.4, 0.5) is 5.69 Å². The molecular formula is C16H22N2O3S. The van der Waals surface area contributed by atoms with Gasteiger partial charge < -0.3 is 4.90 Å². The van der Waals surface area contributed by atoms with Gasteiger partial charge in [-0.15, -0.1) is 0 Å². The molecule has 120 valence electrons. The third-order valence-corrected chi connectivity index (χ3v) is 6.27. The maximum absolute atomic E-state index is 12.7. The highest BCUT2D eigenvalue weighted by Gasteiger charge is 2.37. The van der Waals surface area contributed by atoms with E-state index in [2.05, 4.69) is 4.90 Å². The fraction of sp³-hybridized carbons (Fsp3) is 0.562. The summed E-state index contributed by atoms with van der Waals surface area (Å²) >= 11 is 0. The van der Waals surface area contributed by atoms with E-state index in [1.807, 2.05) is 36.1 Å². The monoisotopic (exact) mass is 322 g/mol. The Morgan fingerprint density at radius 2 is 1.77 bits per heavy atom. The van der Waals surface area contributed by atoms with E-state index >= 15 is 0 Å². The van der Waals surface area contributed by atoms with Crippen LogP contribution < -0.4 is 4.90 Å². The maximum Gasteiger partial charge on any atom is 0.244 e. The van der Waals surface area contributed by atoms with Crippen LogP contribution in [0.3, 0.4) is 0 Å². The van der Waals surface area contributed by atoms with Crippen molar-refractivity contribution < 1.29 is 13.2 Å². The van der Waals surface area contributed by atoms with Gasteiger partial charge >= 0.3 is 0 Å². The number of hydrogen-bond acceptors (Lipinski definition) is 4. The van der Waals surface area contributed by atoms with Crippen molar-refractivity contribution in [2.45, 2.75) is 25.8 Å². The molecule has 2 heterocycles. The van der Waals surface area contributed by atoms with Gasteiger partial charge in [-0.2, -0.15) is 0 Å². The van der Waals surface area contributed by atoms with E-state index in [0.29, 0.717) is 26.1 Å². The van der Waals surface area contributed by atoms with Gasteiger partial charge in [0.2, 0.25) is 5.91 Å². The fourth-order valence-electron chi connectivity index (χ4n) is 3.25. The quantitative estimate of drug-likeness (QED) is 0.821. The van der Waals surface area contributed by atoms with Crippen LogP contribution in [0.1, 0.15) is 18.4 Å². The van der Waals surface area contributed by atoms with Gasteiger partial charge in [0, 0.05) is 18.8 Å². The van der Waals surface area contributed by atoms with E-state index in [-0.39, 0.29) is 23.5 Å². The normalized spacial score (nSPS) is 26.1. The summed E-state index contributed by atoms with van der Waals surface area (Å²) in [5, 5.41) is 0. The first kappa shape index (κ1) is 15.5. The number of rotatable bonds is 2. The first-order chi connectivity index (χ1) is 10.5. The van der Waals surface area contributed by atoms with Crippen molar-refractivity contribution in [2.75, 3.05) is 36.0 Å². The summed E-state index contributed by atoms with van der Waals surface area (Å²) in [7, 11) is -2.94. The molecule has 1 atom stereocenters. The van der Waals surface area contributed by atoms with E-state index < -0.39 is 9.84 Å². The van der Waals surface area contributed by atoms with Gasteiger partial charge in [0.15, 0.2) is 9.84 Å². The summed E-state index contributed by atoms with van der Waals surface area (Å²) in [4.78, 5) is 16.6. The summed E-state index contributed by atoms with van der Waals surface area (Å²) in [5.41, 5.74) is 2.10. The van der Waals surface area contributed by atoms with Gasteiger partial charge in [0.25, 0.3) is 0 Å². The van der Waals surface area contributed by atoms with Crippen LogP contribution in [-0.2, 0) is 14.6 Å². The minimum atomic E-state index is -2.94. The lowest BCUT2D eigenvalue weighted by atomic mass is 10.2. The molecule has 0 radical (unpaired) electrons. The molecule has 1 aromatic rings. The van der Waals surface area contributed by atoms with Crippen molar-refractivity contribution in [3.63, 3.8) is 0 Å². The minimum Gasteiger partial charge on any atom is -0.311 e. The van der Waals surface area contributed by atoms with E-state index in [1.54, 1.807) is 0 Å². The second kappa shape index (κ2) is 6.01. The molecule has 5 nitrogen and oxygen atoms in total. The molecule has 2 aliphatic rings. The molecule has 3 rings (SSSR count). The molecule has 1 unspecified atom stereocenters. The Hall–Kier alpha value is -1.40. The molecular weight excluding hydrogens is 300 g/mol. The number of nitrogens with zero attached hydrogens (tertiary/aromatic N) is 2. The molecule has 0 N–H and O–H groups in total. The Bertz CT molecular complexity index is 654. The summed E-state index contributed by atoms with van der Waals surface area (Å²) < 4.78 is 23.4. The average molecular weight is 322 g/mol. The highest BCUT2D eigenvalue weighted by atomic mass is 32.2. The number of amides is 1. The van der Waals surface area contributed by atoms with Crippen LogP contribution in [0.2, 0.25) is 0 Å². The van der Waals surface area contributed by atoms with Crippen LogP contribution >= 0.6 is 0 Å². The fourth-order valence-corrected chi connectivity index (χ4v) is 4.54. The third kappa shape index (κ3) is 3.17. The summed E-state index contributed by atoms with van der Waals surface area (Å²) in [6, 6.07) is 7.79. The molecule has 0 aliphatic carbocycles. The van der Waals surface area contributed by atoms with Gasteiger partial charge in [-0.05, 0) is 38.4 Å². The van der Waals surface area contributed by atoms with Crippen LogP contribution in [0.5, 0.6) is 0 Å². The van der Waals surface area contributed by atoms with E-state index in [9.17, 15) is 13.2 Å². The molecule has 2 fully saturated rings. The lowest BCUT2D eigenvalue weighted by molar-refractivity contribution is -0.121. The zero-order valence-corrected chi connectivity index (χ0v) is 13.7. The van der Waals surface area contributed by atoms with Crippen LogP contribution in [0.25, 0.3) is 0 Å². The molecule has 0 spiro atoms. The van der Waals surface area contributed by atoms with Crippen molar-refractivity contribution in [1.29, 1.82) is 0 Å².